The number of nitrogens with zero attached hydrogens (tertiary/aromatic N) is 1. The summed E-state index contributed by atoms with van der Waals surface area (Å²) in [5.41, 5.74) is 0.978. The first-order chi connectivity index (χ1) is 12.4. The molecule has 1 aromatic rings. The Hall–Kier alpha value is -1.21. The zero-order valence-electron chi connectivity index (χ0n) is 14.3. The number of carbonyl (C=O) groups is 3. The van der Waals surface area contributed by atoms with Gasteiger partial charge in [-0.1, -0.05) is 62.2 Å². The van der Waals surface area contributed by atoms with Crippen molar-refractivity contribution in [2.75, 3.05) is 0 Å². The van der Waals surface area contributed by atoms with Crippen molar-refractivity contribution in [2.45, 2.75) is 35.6 Å². The summed E-state index contributed by atoms with van der Waals surface area (Å²) in [6.07, 6.45) is 0.890. The molecular weight excluding hydrogens is 464 g/mol. The van der Waals surface area contributed by atoms with E-state index >= 15 is 0 Å². The first kappa shape index (κ1) is 18.2. The second kappa shape index (κ2) is 6.75. The number of imide groups is 1. The molecule has 138 valence electrons. The topological polar surface area (TPSA) is 66.5 Å². The molecule has 3 fully saturated rings. The number of hydrogen-bond donors (Lipinski definition) is 1. The molecule has 4 rings (SSSR count). The number of likely N-dealkylation sites (tertiary alicyclic amines) is 1. The molecule has 1 aromatic carbocycles. The largest absolute Gasteiger partial charge is 0.350 e. The molecule has 2 saturated carbocycles. The van der Waals surface area contributed by atoms with E-state index in [9.17, 15) is 14.4 Å². The van der Waals surface area contributed by atoms with Gasteiger partial charge < -0.3 is 5.32 Å². The van der Waals surface area contributed by atoms with Crippen LogP contribution in [0.1, 0.15) is 18.9 Å². The molecule has 2 bridgehead atoms. The van der Waals surface area contributed by atoms with Crippen LogP contribution >= 0.6 is 31.9 Å². The summed E-state index contributed by atoms with van der Waals surface area (Å²) in [5.74, 6) is -0.901. The lowest BCUT2D eigenvalue weighted by molar-refractivity contribution is -0.148. The van der Waals surface area contributed by atoms with Gasteiger partial charge in [0.05, 0.1) is 11.8 Å². The van der Waals surface area contributed by atoms with Crippen molar-refractivity contribution in [1.82, 2.24) is 10.2 Å². The van der Waals surface area contributed by atoms with E-state index in [0.717, 1.165) is 12.0 Å². The van der Waals surface area contributed by atoms with Gasteiger partial charge in [-0.2, -0.15) is 0 Å². The molecule has 1 N–H and O–H groups in total. The van der Waals surface area contributed by atoms with Gasteiger partial charge in [0.2, 0.25) is 17.7 Å². The molecule has 1 aliphatic heterocycles. The van der Waals surface area contributed by atoms with Gasteiger partial charge in [0.1, 0.15) is 6.04 Å². The monoisotopic (exact) mass is 482 g/mol. The van der Waals surface area contributed by atoms with Crippen molar-refractivity contribution >= 4 is 49.6 Å². The van der Waals surface area contributed by atoms with Crippen LogP contribution in [0.3, 0.4) is 0 Å². The van der Waals surface area contributed by atoms with Crippen LogP contribution in [0.25, 0.3) is 0 Å². The predicted octanol–water partition coefficient (Wildman–Crippen LogP) is 2.47. The number of amides is 3. The average molecular weight is 484 g/mol. The average Bonchev–Trinajstić information content (AvgIpc) is 3.25. The first-order valence-corrected chi connectivity index (χ1v) is 10.7. The van der Waals surface area contributed by atoms with Crippen LogP contribution < -0.4 is 5.32 Å². The molecule has 7 unspecified atom stereocenters. The van der Waals surface area contributed by atoms with E-state index in [1.807, 2.05) is 30.3 Å². The Morgan fingerprint density at radius 2 is 1.65 bits per heavy atom. The minimum Gasteiger partial charge on any atom is -0.350 e. The van der Waals surface area contributed by atoms with E-state index in [4.69, 9.17) is 0 Å². The fraction of sp³-hybridized carbons (Fsp3) is 0.526. The van der Waals surface area contributed by atoms with E-state index in [0.29, 0.717) is 6.54 Å². The smallest absolute Gasteiger partial charge is 0.243 e. The lowest BCUT2D eigenvalue weighted by Crippen LogP contribution is -2.48. The molecule has 7 atom stereocenters. The van der Waals surface area contributed by atoms with Gasteiger partial charge in [-0.25, -0.2) is 0 Å². The number of fused-ring (bicyclic) bond motifs is 5. The SMILES string of the molecule is CC(C(=O)NCc1ccccc1)N1C(=O)C2C3CC(C(Br)C3Br)C2C1=O. The van der Waals surface area contributed by atoms with E-state index in [1.54, 1.807) is 6.92 Å². The lowest BCUT2D eigenvalue weighted by Gasteiger charge is -2.28. The minimum atomic E-state index is -0.786. The van der Waals surface area contributed by atoms with Crippen molar-refractivity contribution in [1.29, 1.82) is 0 Å². The maximum absolute atomic E-state index is 12.9. The van der Waals surface area contributed by atoms with Crippen molar-refractivity contribution in [3.05, 3.63) is 35.9 Å². The molecule has 1 heterocycles. The third-order valence-corrected chi connectivity index (χ3v) is 9.30. The molecule has 0 aromatic heterocycles. The summed E-state index contributed by atoms with van der Waals surface area (Å²) in [4.78, 5) is 40.1. The van der Waals surface area contributed by atoms with Gasteiger partial charge in [0.25, 0.3) is 0 Å². The van der Waals surface area contributed by atoms with E-state index < -0.39 is 6.04 Å². The van der Waals surface area contributed by atoms with Gasteiger partial charge in [-0.15, -0.1) is 0 Å². The maximum Gasteiger partial charge on any atom is 0.243 e. The molecule has 1 saturated heterocycles. The fourth-order valence-electron chi connectivity index (χ4n) is 4.80. The molecule has 5 nitrogen and oxygen atoms in total. The summed E-state index contributed by atoms with van der Waals surface area (Å²) in [5, 5.41) is 2.83. The highest BCUT2D eigenvalue weighted by atomic mass is 79.9. The summed E-state index contributed by atoms with van der Waals surface area (Å²) >= 11 is 7.35. The molecule has 7 heteroatoms. The van der Waals surface area contributed by atoms with E-state index in [-0.39, 0.29) is 51.0 Å². The number of hydrogen-bond acceptors (Lipinski definition) is 3. The third-order valence-electron chi connectivity index (χ3n) is 6.10. The summed E-state index contributed by atoms with van der Waals surface area (Å²) in [7, 11) is 0. The predicted molar refractivity (Wildman–Crippen MR) is 104 cm³/mol. The van der Waals surface area contributed by atoms with Crippen LogP contribution in [0.4, 0.5) is 0 Å². The van der Waals surface area contributed by atoms with Crippen molar-refractivity contribution < 1.29 is 14.4 Å². The second-order valence-electron chi connectivity index (χ2n) is 7.43. The Morgan fingerprint density at radius 1 is 1.12 bits per heavy atom. The third kappa shape index (κ3) is 2.66. The minimum absolute atomic E-state index is 0.162. The van der Waals surface area contributed by atoms with Gasteiger partial charge in [0.15, 0.2) is 0 Å². The Morgan fingerprint density at radius 3 is 2.19 bits per heavy atom. The molecule has 3 aliphatic rings. The first-order valence-electron chi connectivity index (χ1n) is 8.88. The Labute approximate surface area is 169 Å². The van der Waals surface area contributed by atoms with Crippen LogP contribution in [-0.4, -0.2) is 38.3 Å². The standard InChI is InChI=1S/C19H20Br2N2O3/c1-9(17(24)22-8-10-5-3-2-4-6-10)23-18(25)13-11-7-12(14(13)19(23)26)16(21)15(11)20/h2-6,9,11-16H,7-8H2,1H3,(H,22,24). The molecular formula is C19H20Br2N2O3. The number of halogens is 2. The van der Waals surface area contributed by atoms with Crippen molar-refractivity contribution in [2.24, 2.45) is 23.7 Å². The molecule has 0 radical (unpaired) electrons. The Kier molecular flexibility index (Phi) is 4.72. The maximum atomic E-state index is 12.9. The quantitative estimate of drug-likeness (QED) is 0.528. The summed E-state index contributed by atoms with van der Waals surface area (Å²) in [6.45, 7) is 2.02. The van der Waals surface area contributed by atoms with E-state index in [1.165, 1.54) is 4.90 Å². The fourth-order valence-corrected chi connectivity index (χ4v) is 6.68. The van der Waals surface area contributed by atoms with Crippen molar-refractivity contribution in [3.8, 4) is 0 Å². The van der Waals surface area contributed by atoms with Crippen LogP contribution in [0.2, 0.25) is 0 Å². The summed E-state index contributed by atoms with van der Waals surface area (Å²) in [6, 6.07) is 8.78. The number of rotatable bonds is 4. The number of benzene rings is 1. The van der Waals surface area contributed by atoms with Crippen LogP contribution in [0.15, 0.2) is 30.3 Å². The highest BCUT2D eigenvalue weighted by molar-refractivity contribution is 9.12. The van der Waals surface area contributed by atoms with Gasteiger partial charge >= 0.3 is 0 Å². The Bertz CT molecular complexity index is 724. The van der Waals surface area contributed by atoms with Gasteiger partial charge in [-0.3, -0.25) is 19.3 Å². The number of nitrogens with one attached hydrogen (secondary N) is 1. The molecule has 26 heavy (non-hydrogen) atoms. The Balaban J connectivity index is 1.47. The normalized spacial score (nSPS) is 36.3. The molecule has 3 amide bonds. The van der Waals surface area contributed by atoms with Gasteiger partial charge in [-0.05, 0) is 30.7 Å². The van der Waals surface area contributed by atoms with Gasteiger partial charge in [0, 0.05) is 16.2 Å². The molecule has 2 aliphatic carbocycles. The van der Waals surface area contributed by atoms with Crippen molar-refractivity contribution in [3.63, 3.8) is 0 Å². The molecule has 0 spiro atoms. The lowest BCUT2D eigenvalue weighted by atomic mass is 9.81. The highest BCUT2D eigenvalue weighted by Gasteiger charge is 2.67. The zero-order valence-corrected chi connectivity index (χ0v) is 17.4. The second-order valence-corrected chi connectivity index (χ2v) is 9.54. The number of carbonyl (C=O) groups excluding carboxylic acids is 3. The van der Waals surface area contributed by atoms with Crippen LogP contribution in [-0.2, 0) is 20.9 Å². The van der Waals surface area contributed by atoms with Crippen LogP contribution in [0, 0.1) is 23.7 Å². The van der Waals surface area contributed by atoms with Crippen LogP contribution in [0.5, 0.6) is 0 Å². The highest BCUT2D eigenvalue weighted by Crippen LogP contribution is 2.60. The van der Waals surface area contributed by atoms with E-state index in [2.05, 4.69) is 37.2 Å². The summed E-state index contributed by atoms with van der Waals surface area (Å²) < 4.78 is 0. The zero-order chi connectivity index (χ0) is 18.6. The number of alkyl halides is 2.